The van der Waals surface area contributed by atoms with E-state index in [1.807, 2.05) is 23.9 Å². The molecule has 1 aromatic carbocycles. The van der Waals surface area contributed by atoms with Crippen LogP contribution in [0.2, 0.25) is 0 Å². The Kier molecular flexibility index (Phi) is 10.9. The quantitative estimate of drug-likeness (QED) is 0.173. The topological polar surface area (TPSA) is 163 Å². The largest absolute Gasteiger partial charge is 0.487 e. The predicted octanol–water partition coefficient (Wildman–Crippen LogP) is 4.42. The Morgan fingerprint density at radius 3 is 2.45 bits per heavy atom. The minimum atomic E-state index is -2.54. The molecule has 2 bridgehead atoms. The van der Waals surface area contributed by atoms with E-state index in [0.29, 0.717) is 53.5 Å². The number of tetrazole rings is 1. The SMILES string of the molecule is C[C@@H](Cn1cnnn1)Oc1cc(-c2cnc(Nc3cn([C@H]4CC[C@H](N5[C@@H]6CC[C@H]5COC6)CC4)nc3OCCOCC(F)F)nc2)ccc1C#N. The maximum absolute atomic E-state index is 12.6. The summed E-state index contributed by atoms with van der Waals surface area (Å²) >= 11 is 0. The van der Waals surface area contributed by atoms with Gasteiger partial charge in [0.05, 0.1) is 44.2 Å². The zero-order valence-corrected chi connectivity index (χ0v) is 28.4. The zero-order chi connectivity index (χ0) is 35.2. The maximum atomic E-state index is 12.6. The summed E-state index contributed by atoms with van der Waals surface area (Å²) in [5.41, 5.74) is 2.45. The van der Waals surface area contributed by atoms with Gasteiger partial charge in [0, 0.05) is 36.1 Å². The van der Waals surface area contributed by atoms with Crippen LogP contribution in [0.3, 0.4) is 0 Å². The number of hydrogen-bond donors (Lipinski definition) is 1. The van der Waals surface area contributed by atoms with Crippen LogP contribution in [0.15, 0.2) is 43.1 Å². The lowest BCUT2D eigenvalue weighted by Gasteiger charge is -2.43. The van der Waals surface area contributed by atoms with Crippen molar-refractivity contribution < 1.29 is 27.7 Å². The first-order chi connectivity index (χ1) is 24.9. The Labute approximate surface area is 293 Å². The van der Waals surface area contributed by atoms with Crippen molar-refractivity contribution in [3.8, 4) is 28.8 Å². The Morgan fingerprint density at radius 1 is 1.00 bits per heavy atom. The summed E-state index contributed by atoms with van der Waals surface area (Å²) in [6, 6.07) is 9.29. The van der Waals surface area contributed by atoms with Crippen LogP contribution in [-0.2, 0) is 16.0 Å². The van der Waals surface area contributed by atoms with Gasteiger partial charge < -0.3 is 24.3 Å². The molecule has 3 atom stereocenters. The first-order valence-electron chi connectivity index (χ1n) is 17.4. The third-order valence-electron chi connectivity index (χ3n) is 9.66. The fraction of sp³-hybridized carbons (Fsp3) is 0.559. The van der Waals surface area contributed by atoms with Gasteiger partial charge in [-0.2, -0.15) is 5.26 Å². The number of anilines is 2. The van der Waals surface area contributed by atoms with Crippen LogP contribution < -0.4 is 14.8 Å². The van der Waals surface area contributed by atoms with Gasteiger partial charge in [-0.25, -0.2) is 23.4 Å². The first kappa shape index (κ1) is 34.6. The molecule has 0 spiro atoms. The van der Waals surface area contributed by atoms with E-state index in [1.165, 1.54) is 19.2 Å². The van der Waals surface area contributed by atoms with Crippen LogP contribution in [0.1, 0.15) is 57.1 Å². The van der Waals surface area contributed by atoms with Crippen LogP contribution in [-0.4, -0.2) is 109 Å². The highest BCUT2D eigenvalue weighted by Crippen LogP contribution is 2.39. The van der Waals surface area contributed by atoms with E-state index in [-0.39, 0.29) is 25.4 Å². The number of hydrogen-bond acceptors (Lipinski definition) is 13. The number of aromatic nitrogens is 8. The zero-order valence-electron chi connectivity index (χ0n) is 28.4. The second-order valence-corrected chi connectivity index (χ2v) is 13.2. The number of nitrogens with one attached hydrogen (secondary N) is 1. The molecule has 2 aliphatic heterocycles. The number of nitriles is 1. The van der Waals surface area contributed by atoms with Crippen LogP contribution in [0.5, 0.6) is 11.6 Å². The molecule has 7 rings (SSSR count). The highest BCUT2D eigenvalue weighted by molar-refractivity contribution is 5.67. The highest BCUT2D eigenvalue weighted by atomic mass is 19.3. The highest BCUT2D eigenvalue weighted by Gasteiger charge is 2.42. The summed E-state index contributed by atoms with van der Waals surface area (Å²) in [5.74, 6) is 1.07. The minimum absolute atomic E-state index is 0.00154. The average molecular weight is 706 g/mol. The third-order valence-corrected chi connectivity index (χ3v) is 9.66. The number of nitrogens with zero attached hydrogens (tertiary/aromatic N) is 10. The fourth-order valence-corrected chi connectivity index (χ4v) is 7.34. The van der Waals surface area contributed by atoms with Crippen LogP contribution in [0, 0.1) is 11.3 Å². The number of ether oxygens (including phenoxy) is 4. The molecule has 3 fully saturated rings. The molecule has 0 radical (unpaired) electrons. The summed E-state index contributed by atoms with van der Waals surface area (Å²) in [6.07, 6.45) is 10.5. The van der Waals surface area contributed by atoms with Gasteiger partial charge in [-0.15, -0.1) is 10.2 Å². The van der Waals surface area contributed by atoms with Crippen molar-refractivity contribution in [1.82, 2.24) is 44.9 Å². The number of benzene rings is 1. The van der Waals surface area contributed by atoms with E-state index in [0.717, 1.165) is 50.0 Å². The molecule has 4 aromatic rings. The predicted molar refractivity (Wildman–Crippen MR) is 179 cm³/mol. The van der Waals surface area contributed by atoms with E-state index < -0.39 is 13.0 Å². The lowest BCUT2D eigenvalue weighted by molar-refractivity contribution is -0.0458. The molecule has 1 N–H and O–H groups in total. The standard InChI is InChI=1S/C34H41F2N11O4/c1-22(16-45-21-40-43-44-45)51-31-12-23(2-3-24(31)13-37)25-14-38-34(39-15-25)41-30-17-46(42-33(30)50-11-10-48-20-32(35)36)26-4-6-27(7-5-26)47-28-8-9-29(47)19-49-18-28/h2-3,12,14-15,17,21-22,26-29,32H,4-11,16,18-20H2,1H3,(H,38,39,41)/t22-,26-,27-,28-,29+/m0/s1. The van der Waals surface area contributed by atoms with Crippen molar-refractivity contribution in [3.05, 3.63) is 48.7 Å². The minimum Gasteiger partial charge on any atom is -0.487 e. The number of rotatable bonds is 15. The van der Waals surface area contributed by atoms with Gasteiger partial charge in [-0.1, -0.05) is 6.07 Å². The van der Waals surface area contributed by atoms with Gasteiger partial charge in [0.15, 0.2) is 0 Å². The Bertz CT molecular complexity index is 1740. The van der Waals surface area contributed by atoms with Gasteiger partial charge in [-0.05, 0) is 73.6 Å². The van der Waals surface area contributed by atoms with Crippen LogP contribution in [0.4, 0.5) is 20.4 Å². The maximum Gasteiger partial charge on any atom is 0.261 e. The van der Waals surface area contributed by atoms with Crippen LogP contribution >= 0.6 is 0 Å². The molecule has 1 aliphatic carbocycles. The summed E-state index contributed by atoms with van der Waals surface area (Å²) in [6.45, 7) is 3.36. The first-order valence-corrected chi connectivity index (χ1v) is 17.4. The Balaban J connectivity index is 1.02. The molecule has 1 saturated carbocycles. The van der Waals surface area contributed by atoms with Crippen molar-refractivity contribution in [3.63, 3.8) is 0 Å². The van der Waals surface area contributed by atoms with Crippen molar-refractivity contribution >= 4 is 11.6 Å². The van der Waals surface area contributed by atoms with Crippen molar-refractivity contribution in [2.75, 3.05) is 38.4 Å². The van der Waals surface area contributed by atoms with Crippen molar-refractivity contribution in [2.24, 2.45) is 0 Å². The second-order valence-electron chi connectivity index (χ2n) is 13.2. The number of alkyl halides is 2. The third kappa shape index (κ3) is 8.41. The van der Waals surface area contributed by atoms with E-state index in [2.05, 4.69) is 41.8 Å². The average Bonchev–Trinajstić information content (AvgIpc) is 3.86. The van der Waals surface area contributed by atoms with Gasteiger partial charge in [-0.3, -0.25) is 9.58 Å². The Hall–Kier alpha value is -4.79. The van der Waals surface area contributed by atoms with Gasteiger partial charge >= 0.3 is 0 Å². The number of halogens is 2. The molecule has 5 heterocycles. The van der Waals surface area contributed by atoms with E-state index in [4.69, 9.17) is 24.0 Å². The fourth-order valence-electron chi connectivity index (χ4n) is 7.34. The summed E-state index contributed by atoms with van der Waals surface area (Å²) in [7, 11) is 0. The van der Waals surface area contributed by atoms with Gasteiger partial charge in [0.2, 0.25) is 5.95 Å². The molecule has 270 valence electrons. The molecule has 51 heavy (non-hydrogen) atoms. The van der Waals surface area contributed by atoms with E-state index in [9.17, 15) is 14.0 Å². The van der Waals surface area contributed by atoms with Crippen molar-refractivity contribution in [2.45, 2.75) is 88.7 Å². The normalized spacial score (nSPS) is 22.5. The molecular weight excluding hydrogens is 664 g/mol. The second kappa shape index (κ2) is 16.0. The van der Waals surface area contributed by atoms with Crippen LogP contribution in [0.25, 0.3) is 11.1 Å². The molecule has 0 amide bonds. The van der Waals surface area contributed by atoms with E-state index in [1.54, 1.807) is 29.2 Å². The molecule has 3 aliphatic rings. The summed E-state index contributed by atoms with van der Waals surface area (Å²) < 4.78 is 51.4. The molecule has 15 nitrogen and oxygen atoms in total. The number of fused-ring (bicyclic) bond motifs is 2. The molecule has 3 aromatic heterocycles. The van der Waals surface area contributed by atoms with E-state index >= 15 is 0 Å². The lowest BCUT2D eigenvalue weighted by Crippen LogP contribution is -2.52. The molecule has 2 saturated heterocycles. The molecule has 0 unspecified atom stereocenters. The number of morpholine rings is 1. The monoisotopic (exact) mass is 705 g/mol. The lowest BCUT2D eigenvalue weighted by atomic mass is 9.89. The summed E-state index contributed by atoms with van der Waals surface area (Å²) in [4.78, 5) is 11.8. The molecular formula is C34H41F2N11O4. The van der Waals surface area contributed by atoms with Gasteiger partial charge in [0.25, 0.3) is 12.3 Å². The summed E-state index contributed by atoms with van der Waals surface area (Å²) in [5, 5.41) is 28.8. The Morgan fingerprint density at radius 2 is 1.75 bits per heavy atom. The smallest absolute Gasteiger partial charge is 0.261 e. The van der Waals surface area contributed by atoms with Crippen molar-refractivity contribution in [1.29, 1.82) is 5.26 Å². The van der Waals surface area contributed by atoms with Gasteiger partial charge in [0.1, 0.15) is 43.2 Å². The molecule has 17 heteroatoms.